The topological polar surface area (TPSA) is 66.9 Å². The van der Waals surface area contributed by atoms with E-state index in [0.29, 0.717) is 29.5 Å². The number of anilines is 2. The molecule has 19 heavy (non-hydrogen) atoms. The molecular weight excluding hydrogens is 264 g/mol. The second-order valence-electron chi connectivity index (χ2n) is 4.20. The van der Waals surface area contributed by atoms with Gasteiger partial charge in [-0.1, -0.05) is 17.7 Å². The van der Waals surface area contributed by atoms with Crippen LogP contribution in [-0.2, 0) is 6.42 Å². The van der Waals surface area contributed by atoms with Crippen LogP contribution in [-0.4, -0.2) is 22.4 Å². The first-order valence-corrected chi connectivity index (χ1v) is 6.27. The average molecular weight is 275 g/mol. The lowest BCUT2D eigenvalue weighted by molar-refractivity contribution is 0.0944. The molecule has 6 heteroatoms. The zero-order valence-electron chi connectivity index (χ0n) is 9.98. The van der Waals surface area contributed by atoms with Crippen LogP contribution in [0.25, 0.3) is 0 Å². The molecule has 1 aromatic heterocycles. The van der Waals surface area contributed by atoms with E-state index in [0.717, 1.165) is 11.4 Å². The van der Waals surface area contributed by atoms with E-state index in [1.807, 2.05) is 12.1 Å². The SMILES string of the molecule is O=C1NCCc2nc(Nc3cccc(Cl)c3)ncc21. The van der Waals surface area contributed by atoms with Crippen molar-refractivity contribution < 1.29 is 4.79 Å². The third kappa shape index (κ3) is 2.51. The van der Waals surface area contributed by atoms with Crippen molar-refractivity contribution in [2.75, 3.05) is 11.9 Å². The Morgan fingerprint density at radius 3 is 3.11 bits per heavy atom. The quantitative estimate of drug-likeness (QED) is 0.881. The number of hydrogen-bond donors (Lipinski definition) is 2. The summed E-state index contributed by atoms with van der Waals surface area (Å²) < 4.78 is 0. The van der Waals surface area contributed by atoms with Crippen LogP contribution < -0.4 is 10.6 Å². The van der Waals surface area contributed by atoms with Crippen LogP contribution in [0.4, 0.5) is 11.6 Å². The zero-order valence-corrected chi connectivity index (χ0v) is 10.7. The van der Waals surface area contributed by atoms with Gasteiger partial charge < -0.3 is 10.6 Å². The molecule has 0 fully saturated rings. The van der Waals surface area contributed by atoms with E-state index >= 15 is 0 Å². The summed E-state index contributed by atoms with van der Waals surface area (Å²) in [5.41, 5.74) is 2.12. The van der Waals surface area contributed by atoms with Crippen molar-refractivity contribution in [3.05, 3.63) is 46.7 Å². The van der Waals surface area contributed by atoms with Crippen molar-refractivity contribution in [3.63, 3.8) is 0 Å². The van der Waals surface area contributed by atoms with E-state index in [-0.39, 0.29) is 5.91 Å². The van der Waals surface area contributed by atoms with E-state index < -0.39 is 0 Å². The molecular formula is C13H11ClN4O. The van der Waals surface area contributed by atoms with Gasteiger partial charge in [0.25, 0.3) is 5.91 Å². The molecule has 0 bridgehead atoms. The standard InChI is InChI=1S/C13H11ClN4O/c14-8-2-1-3-9(6-8)17-13-16-7-10-11(18-13)4-5-15-12(10)19/h1-3,6-7H,4-5H2,(H,15,19)(H,16,17,18). The lowest BCUT2D eigenvalue weighted by atomic mass is 10.1. The molecule has 2 aromatic rings. The number of fused-ring (bicyclic) bond motifs is 1. The number of aromatic nitrogens is 2. The molecule has 0 radical (unpaired) electrons. The number of rotatable bonds is 2. The third-order valence-corrected chi connectivity index (χ3v) is 3.08. The van der Waals surface area contributed by atoms with Gasteiger partial charge in [0.05, 0.1) is 11.3 Å². The molecule has 0 aliphatic carbocycles. The van der Waals surface area contributed by atoms with Gasteiger partial charge in [-0.25, -0.2) is 9.97 Å². The first kappa shape index (κ1) is 11.9. The Morgan fingerprint density at radius 1 is 1.37 bits per heavy atom. The lowest BCUT2D eigenvalue weighted by Crippen LogP contribution is -2.32. The average Bonchev–Trinajstić information content (AvgIpc) is 2.39. The summed E-state index contributed by atoms with van der Waals surface area (Å²) in [6.45, 7) is 0.611. The third-order valence-electron chi connectivity index (χ3n) is 2.84. The summed E-state index contributed by atoms with van der Waals surface area (Å²) >= 11 is 5.91. The highest BCUT2D eigenvalue weighted by Crippen LogP contribution is 2.19. The highest BCUT2D eigenvalue weighted by molar-refractivity contribution is 6.30. The van der Waals surface area contributed by atoms with Gasteiger partial charge in [0, 0.05) is 29.9 Å². The maximum atomic E-state index is 11.6. The molecule has 96 valence electrons. The van der Waals surface area contributed by atoms with E-state index in [1.54, 1.807) is 18.3 Å². The minimum Gasteiger partial charge on any atom is -0.352 e. The molecule has 0 atom stereocenters. The number of carbonyl (C=O) groups excluding carboxylic acids is 1. The smallest absolute Gasteiger partial charge is 0.254 e. The maximum absolute atomic E-state index is 11.6. The number of amides is 1. The number of nitrogens with zero attached hydrogens (tertiary/aromatic N) is 2. The highest BCUT2D eigenvalue weighted by Gasteiger charge is 2.18. The number of hydrogen-bond acceptors (Lipinski definition) is 4. The summed E-state index contributed by atoms with van der Waals surface area (Å²) in [7, 11) is 0. The largest absolute Gasteiger partial charge is 0.352 e. The summed E-state index contributed by atoms with van der Waals surface area (Å²) in [5.74, 6) is 0.353. The number of carbonyl (C=O) groups is 1. The Labute approximate surface area is 115 Å². The van der Waals surface area contributed by atoms with Crippen molar-refractivity contribution in [2.45, 2.75) is 6.42 Å². The molecule has 2 N–H and O–H groups in total. The summed E-state index contributed by atoms with van der Waals surface area (Å²) in [4.78, 5) is 20.1. The van der Waals surface area contributed by atoms with Gasteiger partial charge in [-0.15, -0.1) is 0 Å². The molecule has 5 nitrogen and oxygen atoms in total. The predicted octanol–water partition coefficient (Wildman–Crippen LogP) is 2.16. The first-order valence-electron chi connectivity index (χ1n) is 5.89. The van der Waals surface area contributed by atoms with Crippen LogP contribution in [0, 0.1) is 0 Å². The fourth-order valence-corrected chi connectivity index (χ4v) is 2.13. The fourth-order valence-electron chi connectivity index (χ4n) is 1.94. The van der Waals surface area contributed by atoms with Gasteiger partial charge >= 0.3 is 0 Å². The molecule has 2 heterocycles. The van der Waals surface area contributed by atoms with Gasteiger partial charge in [-0.2, -0.15) is 0 Å². The molecule has 0 saturated carbocycles. The fraction of sp³-hybridized carbons (Fsp3) is 0.154. The Hall–Kier alpha value is -2.14. The Balaban J connectivity index is 1.88. The van der Waals surface area contributed by atoms with Gasteiger partial charge in [-0.05, 0) is 18.2 Å². The number of benzene rings is 1. The summed E-state index contributed by atoms with van der Waals surface area (Å²) in [6.07, 6.45) is 2.26. The van der Waals surface area contributed by atoms with Crippen LogP contribution in [0.1, 0.15) is 16.1 Å². The molecule has 1 aliphatic heterocycles. The Bertz CT molecular complexity index is 644. The van der Waals surface area contributed by atoms with E-state index in [2.05, 4.69) is 20.6 Å². The second kappa shape index (κ2) is 4.85. The first-order chi connectivity index (χ1) is 9.22. The Morgan fingerprint density at radius 2 is 2.26 bits per heavy atom. The van der Waals surface area contributed by atoms with E-state index in [1.165, 1.54) is 0 Å². The van der Waals surface area contributed by atoms with Gasteiger partial charge in [0.15, 0.2) is 0 Å². The molecule has 1 aromatic carbocycles. The predicted molar refractivity (Wildman–Crippen MR) is 72.8 cm³/mol. The summed E-state index contributed by atoms with van der Waals surface area (Å²) in [5, 5.41) is 6.47. The highest BCUT2D eigenvalue weighted by atomic mass is 35.5. The van der Waals surface area contributed by atoms with Crippen LogP contribution >= 0.6 is 11.6 Å². The van der Waals surface area contributed by atoms with Gasteiger partial charge in [0.1, 0.15) is 0 Å². The molecule has 1 aliphatic rings. The van der Waals surface area contributed by atoms with Crippen molar-refractivity contribution in [1.82, 2.24) is 15.3 Å². The normalized spacial score (nSPS) is 13.6. The molecule has 0 unspecified atom stereocenters. The monoisotopic (exact) mass is 274 g/mol. The van der Waals surface area contributed by atoms with Crippen molar-refractivity contribution in [2.24, 2.45) is 0 Å². The molecule has 3 rings (SSSR count). The number of nitrogens with one attached hydrogen (secondary N) is 2. The minimum atomic E-state index is -0.115. The van der Waals surface area contributed by atoms with Crippen molar-refractivity contribution in [3.8, 4) is 0 Å². The van der Waals surface area contributed by atoms with Crippen LogP contribution in [0.2, 0.25) is 5.02 Å². The van der Waals surface area contributed by atoms with E-state index in [4.69, 9.17) is 11.6 Å². The van der Waals surface area contributed by atoms with Crippen LogP contribution in [0.15, 0.2) is 30.5 Å². The minimum absolute atomic E-state index is 0.115. The maximum Gasteiger partial charge on any atom is 0.254 e. The van der Waals surface area contributed by atoms with E-state index in [9.17, 15) is 4.79 Å². The number of halogens is 1. The van der Waals surface area contributed by atoms with Gasteiger partial charge in [-0.3, -0.25) is 4.79 Å². The van der Waals surface area contributed by atoms with Crippen molar-refractivity contribution in [1.29, 1.82) is 0 Å². The lowest BCUT2D eigenvalue weighted by Gasteiger charge is -2.15. The van der Waals surface area contributed by atoms with Crippen LogP contribution in [0.5, 0.6) is 0 Å². The van der Waals surface area contributed by atoms with Gasteiger partial charge in [0.2, 0.25) is 5.95 Å². The molecule has 1 amide bonds. The van der Waals surface area contributed by atoms with Crippen LogP contribution in [0.3, 0.4) is 0 Å². The zero-order chi connectivity index (χ0) is 13.2. The Kier molecular flexibility index (Phi) is 3.05. The molecule has 0 saturated heterocycles. The summed E-state index contributed by atoms with van der Waals surface area (Å²) in [6, 6.07) is 7.31. The second-order valence-corrected chi connectivity index (χ2v) is 4.63. The van der Waals surface area contributed by atoms with Crippen molar-refractivity contribution >= 4 is 29.1 Å². The molecule has 0 spiro atoms.